The summed E-state index contributed by atoms with van der Waals surface area (Å²) in [5.41, 5.74) is 13.8. The van der Waals surface area contributed by atoms with Gasteiger partial charge in [-0.25, -0.2) is 9.97 Å². The van der Waals surface area contributed by atoms with Crippen molar-refractivity contribution in [2.75, 3.05) is 0 Å². The standard InChI is InChI=1S/C43H31N3/c1-43(2)36-24-31(28-14-6-3-7-15-28)22-23-32(36)34-26-41-35(25-37(34)43)33-20-12-13-21-40(33)46(41)42-44-38(29-16-8-4-9-17-29)27-39(45-42)30-18-10-5-11-19-30/h3-27H,1-2H3. The minimum Gasteiger partial charge on any atom is -0.278 e. The molecule has 0 atom stereocenters. The summed E-state index contributed by atoms with van der Waals surface area (Å²) in [6.45, 7) is 4.71. The van der Waals surface area contributed by atoms with Gasteiger partial charge >= 0.3 is 0 Å². The van der Waals surface area contributed by atoms with E-state index >= 15 is 0 Å². The van der Waals surface area contributed by atoms with Gasteiger partial charge in [-0.05, 0) is 63.7 Å². The fourth-order valence-electron chi connectivity index (χ4n) is 7.27. The number of aromatic nitrogens is 3. The first-order valence-electron chi connectivity index (χ1n) is 15.8. The summed E-state index contributed by atoms with van der Waals surface area (Å²) in [7, 11) is 0. The zero-order valence-corrected chi connectivity index (χ0v) is 25.8. The molecule has 3 nitrogen and oxygen atoms in total. The molecule has 2 heterocycles. The van der Waals surface area contributed by atoms with Gasteiger partial charge in [0.1, 0.15) is 0 Å². The van der Waals surface area contributed by atoms with Gasteiger partial charge in [0.15, 0.2) is 0 Å². The lowest BCUT2D eigenvalue weighted by molar-refractivity contribution is 0.661. The van der Waals surface area contributed by atoms with Crippen LogP contribution in [0.4, 0.5) is 0 Å². The smallest absolute Gasteiger partial charge is 0.235 e. The van der Waals surface area contributed by atoms with Gasteiger partial charge in [0.2, 0.25) is 5.95 Å². The number of hydrogen-bond donors (Lipinski definition) is 0. The fourth-order valence-corrected chi connectivity index (χ4v) is 7.27. The Balaban J connectivity index is 1.31. The Morgan fingerprint density at radius 2 is 1.00 bits per heavy atom. The minimum absolute atomic E-state index is 0.142. The van der Waals surface area contributed by atoms with Crippen LogP contribution in [0.3, 0.4) is 0 Å². The van der Waals surface area contributed by atoms with E-state index < -0.39 is 0 Å². The first kappa shape index (κ1) is 26.6. The lowest BCUT2D eigenvalue weighted by atomic mass is 9.81. The quantitative estimate of drug-likeness (QED) is 0.204. The highest BCUT2D eigenvalue weighted by Gasteiger charge is 2.36. The van der Waals surface area contributed by atoms with Gasteiger partial charge in [0, 0.05) is 27.3 Å². The molecule has 0 amide bonds. The highest BCUT2D eigenvalue weighted by molar-refractivity contribution is 6.11. The van der Waals surface area contributed by atoms with E-state index in [9.17, 15) is 0 Å². The summed E-state index contributed by atoms with van der Waals surface area (Å²) in [6, 6.07) is 53.9. The third kappa shape index (κ3) is 4.05. The van der Waals surface area contributed by atoms with Gasteiger partial charge in [-0.3, -0.25) is 4.57 Å². The van der Waals surface area contributed by atoms with E-state index in [2.05, 4.69) is 158 Å². The molecule has 218 valence electrons. The van der Waals surface area contributed by atoms with E-state index in [0.717, 1.165) is 33.5 Å². The number of fused-ring (bicyclic) bond motifs is 6. The molecule has 1 aliphatic carbocycles. The van der Waals surface area contributed by atoms with Gasteiger partial charge in [0.05, 0.1) is 22.4 Å². The minimum atomic E-state index is -0.142. The van der Waals surface area contributed by atoms with E-state index in [-0.39, 0.29) is 5.41 Å². The molecule has 0 unspecified atom stereocenters. The van der Waals surface area contributed by atoms with Crippen molar-refractivity contribution >= 4 is 21.8 Å². The van der Waals surface area contributed by atoms with Crippen molar-refractivity contribution in [3.05, 3.63) is 163 Å². The van der Waals surface area contributed by atoms with E-state index in [1.54, 1.807) is 0 Å². The predicted octanol–water partition coefficient (Wildman–Crippen LogP) is 10.9. The maximum atomic E-state index is 5.24. The molecule has 1 aliphatic rings. The number of para-hydroxylation sites is 1. The lowest BCUT2D eigenvalue weighted by Crippen LogP contribution is -2.15. The maximum Gasteiger partial charge on any atom is 0.235 e. The van der Waals surface area contributed by atoms with Crippen LogP contribution in [-0.4, -0.2) is 14.5 Å². The van der Waals surface area contributed by atoms with E-state index in [1.807, 2.05) is 12.1 Å². The Morgan fingerprint density at radius 1 is 0.435 bits per heavy atom. The van der Waals surface area contributed by atoms with Crippen LogP contribution < -0.4 is 0 Å². The molecule has 2 aromatic heterocycles. The Hall–Kier alpha value is -5.80. The lowest BCUT2D eigenvalue weighted by Gasteiger charge is -2.22. The average molecular weight is 590 g/mol. The number of hydrogen-bond acceptors (Lipinski definition) is 2. The normalized spacial score (nSPS) is 13.2. The van der Waals surface area contributed by atoms with Crippen molar-refractivity contribution in [1.82, 2.24) is 14.5 Å². The predicted molar refractivity (Wildman–Crippen MR) is 190 cm³/mol. The zero-order chi connectivity index (χ0) is 30.8. The molecule has 9 rings (SSSR count). The maximum absolute atomic E-state index is 5.24. The topological polar surface area (TPSA) is 30.7 Å². The SMILES string of the molecule is CC1(C)c2cc(-c3ccccc3)ccc2-c2cc3c(cc21)c1ccccc1n3-c1nc(-c2ccccc2)cc(-c2ccccc2)n1. The van der Waals surface area contributed by atoms with Gasteiger partial charge in [-0.15, -0.1) is 0 Å². The largest absolute Gasteiger partial charge is 0.278 e. The molecule has 0 radical (unpaired) electrons. The Bertz CT molecular complexity index is 2360. The van der Waals surface area contributed by atoms with Crippen molar-refractivity contribution in [2.24, 2.45) is 0 Å². The van der Waals surface area contributed by atoms with Crippen molar-refractivity contribution in [3.63, 3.8) is 0 Å². The van der Waals surface area contributed by atoms with E-state index in [4.69, 9.17) is 9.97 Å². The van der Waals surface area contributed by atoms with Crippen molar-refractivity contribution < 1.29 is 0 Å². The monoisotopic (exact) mass is 589 g/mol. The average Bonchev–Trinajstić information content (AvgIpc) is 3.56. The molecular weight excluding hydrogens is 558 g/mol. The zero-order valence-electron chi connectivity index (χ0n) is 25.8. The molecular formula is C43H31N3. The highest BCUT2D eigenvalue weighted by Crippen LogP contribution is 2.52. The second-order valence-corrected chi connectivity index (χ2v) is 12.7. The summed E-state index contributed by atoms with van der Waals surface area (Å²) >= 11 is 0. The van der Waals surface area contributed by atoms with Crippen LogP contribution in [0.5, 0.6) is 0 Å². The molecule has 0 bridgehead atoms. The van der Waals surface area contributed by atoms with Crippen LogP contribution in [-0.2, 0) is 5.41 Å². The van der Waals surface area contributed by atoms with E-state index in [1.165, 1.54) is 44.2 Å². The summed E-state index contributed by atoms with van der Waals surface area (Å²) < 4.78 is 2.26. The van der Waals surface area contributed by atoms with Gasteiger partial charge in [-0.1, -0.05) is 135 Å². The number of benzene rings is 6. The molecule has 3 heteroatoms. The van der Waals surface area contributed by atoms with Crippen LogP contribution in [0.15, 0.2) is 152 Å². The summed E-state index contributed by atoms with van der Waals surface area (Å²) in [5, 5.41) is 2.42. The molecule has 0 aliphatic heterocycles. The Morgan fingerprint density at radius 3 is 1.65 bits per heavy atom. The Labute approximate surface area is 268 Å². The summed E-state index contributed by atoms with van der Waals surface area (Å²) in [5.74, 6) is 0.670. The molecule has 0 N–H and O–H groups in total. The summed E-state index contributed by atoms with van der Waals surface area (Å²) in [4.78, 5) is 10.5. The second-order valence-electron chi connectivity index (χ2n) is 12.7. The second kappa shape index (κ2) is 10.1. The Kier molecular flexibility index (Phi) is 5.85. The molecule has 6 aromatic carbocycles. The van der Waals surface area contributed by atoms with Gasteiger partial charge in [0.25, 0.3) is 0 Å². The van der Waals surface area contributed by atoms with Crippen molar-refractivity contribution in [2.45, 2.75) is 19.3 Å². The van der Waals surface area contributed by atoms with Crippen LogP contribution in [0.2, 0.25) is 0 Å². The molecule has 0 saturated heterocycles. The summed E-state index contributed by atoms with van der Waals surface area (Å²) in [6.07, 6.45) is 0. The number of nitrogens with zero attached hydrogens (tertiary/aromatic N) is 3. The van der Waals surface area contributed by atoms with Crippen LogP contribution >= 0.6 is 0 Å². The first-order chi connectivity index (χ1) is 22.6. The van der Waals surface area contributed by atoms with Crippen LogP contribution in [0.25, 0.3) is 72.5 Å². The highest BCUT2D eigenvalue weighted by atomic mass is 15.2. The third-order valence-electron chi connectivity index (χ3n) is 9.63. The first-order valence-corrected chi connectivity index (χ1v) is 15.8. The third-order valence-corrected chi connectivity index (χ3v) is 9.63. The van der Waals surface area contributed by atoms with Crippen LogP contribution in [0.1, 0.15) is 25.0 Å². The van der Waals surface area contributed by atoms with Crippen molar-refractivity contribution in [1.29, 1.82) is 0 Å². The van der Waals surface area contributed by atoms with Gasteiger partial charge in [-0.2, -0.15) is 0 Å². The van der Waals surface area contributed by atoms with E-state index in [0.29, 0.717) is 5.95 Å². The molecule has 0 spiro atoms. The molecule has 46 heavy (non-hydrogen) atoms. The fraction of sp³-hybridized carbons (Fsp3) is 0.0698. The van der Waals surface area contributed by atoms with Gasteiger partial charge < -0.3 is 0 Å². The van der Waals surface area contributed by atoms with Crippen molar-refractivity contribution in [3.8, 4) is 50.7 Å². The number of rotatable bonds is 4. The van der Waals surface area contributed by atoms with Crippen LogP contribution in [0, 0.1) is 0 Å². The molecule has 0 fully saturated rings. The molecule has 8 aromatic rings. The molecule has 0 saturated carbocycles.